The number of rotatable bonds is 3. The van der Waals surface area contributed by atoms with Crippen LogP contribution in [0.1, 0.15) is 154 Å². The topological polar surface area (TPSA) is 45.4 Å². The molecule has 342 valence electrons. The van der Waals surface area contributed by atoms with Gasteiger partial charge < -0.3 is 19.5 Å². The molecule has 3 aliphatic rings. The second kappa shape index (κ2) is 15.0. The minimum atomic E-state index is -1.12. The Kier molecular flexibility index (Phi) is 10.8. The molecule has 4 heterocycles. The summed E-state index contributed by atoms with van der Waals surface area (Å²) in [5, 5.41) is 4.34. The van der Waals surface area contributed by atoms with Crippen molar-refractivity contribution in [1.29, 1.82) is 0 Å². The summed E-state index contributed by atoms with van der Waals surface area (Å²) in [5.41, 5.74) is 14.4. The first kappa shape index (κ1) is 46.6. The molecule has 0 bridgehead atoms. The SMILES string of the molecule is CN1[CH-]N2c3[c-]c(Oc4[c-]c(-[n+]5cc(C(C)(C)C)ccn5)c(F)nc4F)ccc3C3(c4cccc1c42)c1c(cc(C(C)(C)C)cc1C(C)(C)C)-c1cc(C(C)(C)C)cc(C(C)(C)C)c13.[Pt]. The third-order valence-electron chi connectivity index (χ3n) is 13.4. The van der Waals surface area contributed by atoms with Gasteiger partial charge in [-0.15, -0.1) is 17.7 Å². The van der Waals surface area contributed by atoms with Gasteiger partial charge in [0.15, 0.2) is 11.6 Å². The van der Waals surface area contributed by atoms with Gasteiger partial charge in [0.25, 0.3) is 0 Å². The summed E-state index contributed by atoms with van der Waals surface area (Å²) in [6.07, 6.45) is 3.30. The average molecular weight is 1050 g/mol. The molecule has 9 heteroatoms. The molecule has 0 unspecified atom stereocenters. The van der Waals surface area contributed by atoms with Gasteiger partial charge >= 0.3 is 0 Å². The van der Waals surface area contributed by atoms with Crippen molar-refractivity contribution in [2.45, 2.75) is 136 Å². The molecule has 4 aromatic carbocycles. The first-order valence-corrected chi connectivity index (χ1v) is 22.4. The van der Waals surface area contributed by atoms with E-state index in [0.717, 1.165) is 28.2 Å². The average Bonchev–Trinajstić information content (AvgIpc) is 3.68. The second-order valence-corrected chi connectivity index (χ2v) is 23.2. The summed E-state index contributed by atoms with van der Waals surface area (Å²) in [4.78, 5) is 7.99. The van der Waals surface area contributed by atoms with Crippen LogP contribution in [-0.2, 0) is 53.6 Å². The first-order valence-electron chi connectivity index (χ1n) is 22.4. The van der Waals surface area contributed by atoms with Crippen LogP contribution in [0.5, 0.6) is 11.5 Å². The third-order valence-corrected chi connectivity index (χ3v) is 13.4. The zero-order chi connectivity index (χ0) is 46.4. The van der Waals surface area contributed by atoms with Gasteiger partial charge in [0.1, 0.15) is 5.95 Å². The summed E-state index contributed by atoms with van der Waals surface area (Å²) in [7, 11) is 2.07. The maximum absolute atomic E-state index is 15.8. The predicted molar refractivity (Wildman–Crippen MR) is 253 cm³/mol. The van der Waals surface area contributed by atoms with E-state index in [1.54, 1.807) is 12.4 Å². The molecule has 65 heavy (non-hydrogen) atoms. The van der Waals surface area contributed by atoms with Crippen LogP contribution in [0, 0.1) is 30.7 Å². The summed E-state index contributed by atoms with van der Waals surface area (Å²) in [5.74, 6) is -2.28. The number of hydrogen-bond acceptors (Lipinski definition) is 5. The number of ether oxygens (including phenoxy) is 1. The maximum Gasteiger partial charge on any atom is 0.204 e. The van der Waals surface area contributed by atoms with Crippen LogP contribution in [-0.4, -0.2) is 17.1 Å². The summed E-state index contributed by atoms with van der Waals surface area (Å²) in [6, 6.07) is 28.9. The quantitative estimate of drug-likeness (QED) is 0.100. The number of hydrogen-bond donors (Lipinski definition) is 0. The molecular weight excluding hydrogens is 992 g/mol. The van der Waals surface area contributed by atoms with Crippen LogP contribution >= 0.6 is 0 Å². The van der Waals surface area contributed by atoms with Gasteiger partial charge in [0.2, 0.25) is 6.20 Å². The van der Waals surface area contributed by atoms with Gasteiger partial charge in [-0.3, -0.25) is 8.78 Å². The van der Waals surface area contributed by atoms with Gasteiger partial charge in [-0.05, 0) is 107 Å². The molecule has 1 spiro atoms. The molecule has 9 rings (SSSR count). The smallest absolute Gasteiger partial charge is 0.204 e. The van der Waals surface area contributed by atoms with Crippen molar-refractivity contribution >= 4 is 17.1 Å². The molecule has 0 fully saturated rings. The maximum atomic E-state index is 15.8. The van der Waals surface area contributed by atoms with E-state index in [9.17, 15) is 0 Å². The van der Waals surface area contributed by atoms with Crippen LogP contribution in [0.4, 0.5) is 25.8 Å². The summed E-state index contributed by atoms with van der Waals surface area (Å²) in [6.45, 7) is 36.1. The number of nitrogens with zero attached hydrogens (tertiary/aromatic N) is 5. The number of para-hydroxylation sites is 1. The second-order valence-electron chi connectivity index (χ2n) is 23.2. The fourth-order valence-corrected chi connectivity index (χ4v) is 9.91. The fraction of sp³-hybridized carbons (Fsp3) is 0.393. The summed E-state index contributed by atoms with van der Waals surface area (Å²) >= 11 is 0. The minimum absolute atomic E-state index is 0. The molecule has 6 nitrogen and oxygen atoms in total. The zero-order valence-corrected chi connectivity index (χ0v) is 43.0. The van der Waals surface area contributed by atoms with Gasteiger partial charge in [-0.25, -0.2) is 0 Å². The van der Waals surface area contributed by atoms with Crippen molar-refractivity contribution < 1.29 is 39.3 Å². The Hall–Kier alpha value is -4.94. The number of benzene rings is 4. The van der Waals surface area contributed by atoms with Crippen LogP contribution in [0.2, 0.25) is 0 Å². The molecule has 6 aromatic rings. The van der Waals surface area contributed by atoms with Crippen molar-refractivity contribution in [2.24, 2.45) is 0 Å². The number of halogens is 2. The number of aromatic nitrogens is 3. The Morgan fingerprint density at radius 3 is 1.77 bits per heavy atom. The molecule has 2 aromatic heterocycles. The van der Waals surface area contributed by atoms with E-state index in [1.807, 2.05) is 12.1 Å². The van der Waals surface area contributed by atoms with Crippen molar-refractivity contribution in [1.82, 2.24) is 10.1 Å². The Morgan fingerprint density at radius 2 is 1.23 bits per heavy atom. The molecule has 1 aliphatic carbocycles. The van der Waals surface area contributed by atoms with E-state index in [1.165, 1.54) is 54.8 Å². The molecule has 0 atom stereocenters. The van der Waals surface area contributed by atoms with Gasteiger partial charge in [-0.2, -0.15) is 12.7 Å². The van der Waals surface area contributed by atoms with Crippen molar-refractivity contribution in [3.8, 4) is 28.3 Å². The van der Waals surface area contributed by atoms with Crippen LogP contribution in [0.3, 0.4) is 0 Å². The predicted octanol–water partition coefficient (Wildman–Crippen LogP) is 13.3. The van der Waals surface area contributed by atoms with Crippen LogP contribution in [0.15, 0.2) is 73.1 Å². The zero-order valence-electron chi connectivity index (χ0n) is 40.7. The Balaban J connectivity index is 0.00000576. The Labute approximate surface area is 399 Å². The van der Waals surface area contributed by atoms with Gasteiger partial charge in [0, 0.05) is 49.2 Å². The van der Waals surface area contributed by atoms with Crippen LogP contribution < -0.4 is 19.2 Å². The fourth-order valence-electron chi connectivity index (χ4n) is 9.91. The molecule has 0 amide bonds. The van der Waals surface area contributed by atoms with Gasteiger partial charge in [0.05, 0.1) is 11.9 Å². The van der Waals surface area contributed by atoms with Crippen molar-refractivity contribution in [3.63, 3.8) is 0 Å². The molecule has 0 saturated heterocycles. The summed E-state index contributed by atoms with van der Waals surface area (Å²) < 4.78 is 39.0. The van der Waals surface area contributed by atoms with E-state index in [4.69, 9.17) is 4.74 Å². The minimum Gasteiger partial charge on any atom is -0.504 e. The monoisotopic (exact) mass is 1050 g/mol. The Bertz CT molecular complexity index is 2840. The van der Waals surface area contributed by atoms with Crippen molar-refractivity contribution in [2.75, 3.05) is 16.8 Å². The van der Waals surface area contributed by atoms with E-state index < -0.39 is 17.3 Å². The standard InChI is InChI=1S/C56H61F2N5O.Pt/c1-51(2,3)32-22-23-59-63(30-32)44-29-45(50(58)60-49(44)57)64-35-20-21-38-43(28-35)62-31-61(16)42-19-17-18-39(48(42)62)56(38)46-36(24-33(52(4,5)6)26-40(46)54(10,11)12)37-25-34(53(7,8)9)27-41(47(37)56)55(13,14)15;/h17-27,30-31H,1-16H3;/q-2;. The van der Waals surface area contributed by atoms with E-state index in [-0.39, 0.29) is 65.3 Å². The molecule has 0 radical (unpaired) electrons. The van der Waals surface area contributed by atoms with E-state index in [0.29, 0.717) is 0 Å². The number of pyridine rings is 1. The number of fused-ring (bicyclic) bond motifs is 9. The molecule has 2 aliphatic heterocycles. The van der Waals surface area contributed by atoms with E-state index >= 15 is 8.78 Å². The van der Waals surface area contributed by atoms with Crippen LogP contribution in [0.25, 0.3) is 16.8 Å². The third kappa shape index (κ3) is 7.32. The normalized spacial score (nSPS) is 15.1. The largest absolute Gasteiger partial charge is 0.504 e. The molecular formula is C56H61F2N5OPt-2. The first-order chi connectivity index (χ1) is 29.6. The molecule has 0 N–H and O–H groups in total. The van der Waals surface area contributed by atoms with Crippen molar-refractivity contribution in [3.05, 3.63) is 154 Å². The van der Waals surface area contributed by atoms with E-state index in [2.05, 4.69) is 198 Å². The Morgan fingerprint density at radius 1 is 0.662 bits per heavy atom. The molecule has 0 saturated carbocycles. The number of anilines is 3. The van der Waals surface area contributed by atoms with Gasteiger partial charge in [-0.1, -0.05) is 151 Å².